The highest BCUT2D eigenvalue weighted by Gasteiger charge is 2.26. The molecular formula is C22H25N7O. The lowest BCUT2D eigenvalue weighted by Gasteiger charge is -2.19. The van der Waals surface area contributed by atoms with Crippen molar-refractivity contribution in [3.63, 3.8) is 0 Å². The van der Waals surface area contributed by atoms with Crippen LogP contribution in [0, 0.1) is 5.92 Å². The summed E-state index contributed by atoms with van der Waals surface area (Å²) in [7, 11) is 0. The van der Waals surface area contributed by atoms with E-state index in [1.807, 2.05) is 24.4 Å². The fourth-order valence-electron chi connectivity index (χ4n) is 3.81. The van der Waals surface area contributed by atoms with Gasteiger partial charge < -0.3 is 9.64 Å². The Hall–Kier alpha value is -3.29. The largest absolute Gasteiger partial charge is 0.476 e. The van der Waals surface area contributed by atoms with Crippen molar-refractivity contribution >= 4 is 22.4 Å². The fraction of sp³-hybridized carbons (Fsp3) is 0.409. The first-order valence-corrected chi connectivity index (χ1v) is 10.3. The van der Waals surface area contributed by atoms with Crippen molar-refractivity contribution in [3.05, 3.63) is 48.8 Å². The minimum atomic E-state index is -0.0107. The van der Waals surface area contributed by atoms with E-state index in [1.165, 1.54) is 0 Å². The molecule has 1 aliphatic rings. The Morgan fingerprint density at radius 1 is 1.17 bits per heavy atom. The molecule has 4 aromatic heterocycles. The number of imidazole rings is 1. The highest BCUT2D eigenvalue weighted by atomic mass is 16.5. The van der Waals surface area contributed by atoms with Crippen molar-refractivity contribution < 1.29 is 4.74 Å². The van der Waals surface area contributed by atoms with E-state index < -0.39 is 0 Å². The van der Waals surface area contributed by atoms with Gasteiger partial charge in [0.1, 0.15) is 12.1 Å². The Morgan fingerprint density at radius 3 is 2.93 bits per heavy atom. The van der Waals surface area contributed by atoms with Crippen LogP contribution in [0.3, 0.4) is 0 Å². The van der Waals surface area contributed by atoms with Gasteiger partial charge in [-0.15, -0.1) is 5.10 Å². The molecule has 5 rings (SSSR count). The molecule has 1 unspecified atom stereocenters. The third kappa shape index (κ3) is 3.53. The van der Waals surface area contributed by atoms with Gasteiger partial charge in [0.15, 0.2) is 5.65 Å². The zero-order valence-corrected chi connectivity index (χ0v) is 17.5. The Kier molecular flexibility index (Phi) is 4.49. The zero-order valence-electron chi connectivity index (χ0n) is 17.5. The molecule has 0 bridgehead atoms. The predicted octanol–water partition coefficient (Wildman–Crippen LogP) is 3.27. The van der Waals surface area contributed by atoms with Gasteiger partial charge in [-0.1, -0.05) is 20.8 Å². The third-order valence-corrected chi connectivity index (χ3v) is 5.53. The van der Waals surface area contributed by atoms with Gasteiger partial charge in [-0.05, 0) is 18.6 Å². The molecule has 154 valence electrons. The van der Waals surface area contributed by atoms with Crippen molar-refractivity contribution in [2.24, 2.45) is 5.92 Å². The Balaban J connectivity index is 1.26. The molecule has 8 nitrogen and oxygen atoms in total. The molecule has 0 spiro atoms. The smallest absolute Gasteiger partial charge is 0.231 e. The topological polar surface area (TPSA) is 81.3 Å². The van der Waals surface area contributed by atoms with Crippen molar-refractivity contribution in [1.82, 2.24) is 29.5 Å². The standard InChI is InChI=1S/C22H25N7O/c1-22(2,3)18-12-29-19(26-18)4-5-20(27-29)30-13-15-7-9-28(11-15)21-16-6-8-23-10-17(16)24-14-25-21/h4-6,8,10,12,14-15H,7,9,11,13H2,1-3H3. The summed E-state index contributed by atoms with van der Waals surface area (Å²) in [4.78, 5) is 19.9. The molecule has 0 radical (unpaired) electrons. The second-order valence-corrected chi connectivity index (χ2v) is 8.85. The van der Waals surface area contributed by atoms with Gasteiger partial charge in [0.25, 0.3) is 0 Å². The number of fused-ring (bicyclic) bond motifs is 2. The van der Waals surface area contributed by atoms with Gasteiger partial charge in [-0.2, -0.15) is 0 Å². The summed E-state index contributed by atoms with van der Waals surface area (Å²) < 4.78 is 7.84. The maximum absolute atomic E-state index is 6.04. The molecule has 4 aromatic rings. The molecule has 0 saturated carbocycles. The quantitative estimate of drug-likeness (QED) is 0.517. The second kappa shape index (κ2) is 7.19. The average Bonchev–Trinajstić information content (AvgIpc) is 3.38. The first-order chi connectivity index (χ1) is 14.5. The van der Waals surface area contributed by atoms with Gasteiger partial charge in [0.05, 0.1) is 30.2 Å². The van der Waals surface area contributed by atoms with E-state index in [9.17, 15) is 0 Å². The highest BCUT2D eigenvalue weighted by Crippen LogP contribution is 2.28. The molecule has 0 aromatic carbocycles. The van der Waals surface area contributed by atoms with Crippen LogP contribution < -0.4 is 9.64 Å². The molecule has 1 saturated heterocycles. The monoisotopic (exact) mass is 403 g/mol. The summed E-state index contributed by atoms with van der Waals surface area (Å²) >= 11 is 0. The minimum absolute atomic E-state index is 0.0107. The molecule has 0 aliphatic carbocycles. The fourth-order valence-corrected chi connectivity index (χ4v) is 3.81. The van der Waals surface area contributed by atoms with Gasteiger partial charge in [-0.25, -0.2) is 19.5 Å². The van der Waals surface area contributed by atoms with Crippen molar-refractivity contribution in [1.29, 1.82) is 0 Å². The molecule has 0 N–H and O–H groups in total. The highest BCUT2D eigenvalue weighted by molar-refractivity contribution is 5.88. The normalized spacial score (nSPS) is 17.2. The molecule has 5 heterocycles. The van der Waals surface area contributed by atoms with Crippen LogP contribution in [0.2, 0.25) is 0 Å². The van der Waals surface area contributed by atoms with Crippen molar-refractivity contribution in [3.8, 4) is 5.88 Å². The van der Waals surface area contributed by atoms with E-state index in [-0.39, 0.29) is 5.41 Å². The summed E-state index contributed by atoms with van der Waals surface area (Å²) in [5.74, 6) is 2.01. The number of hydrogen-bond donors (Lipinski definition) is 0. The average molecular weight is 403 g/mol. The lowest BCUT2D eigenvalue weighted by atomic mass is 9.93. The molecule has 30 heavy (non-hydrogen) atoms. The summed E-state index contributed by atoms with van der Waals surface area (Å²) in [5, 5.41) is 5.62. The van der Waals surface area contributed by atoms with Crippen LogP contribution in [0.1, 0.15) is 32.9 Å². The second-order valence-electron chi connectivity index (χ2n) is 8.85. The van der Waals surface area contributed by atoms with Crippen LogP contribution in [0.25, 0.3) is 16.6 Å². The van der Waals surface area contributed by atoms with Gasteiger partial charge in [0.2, 0.25) is 5.88 Å². The Labute approximate surface area is 175 Å². The van der Waals surface area contributed by atoms with E-state index in [0.29, 0.717) is 18.4 Å². The number of anilines is 1. The van der Waals surface area contributed by atoms with Crippen LogP contribution in [-0.4, -0.2) is 49.2 Å². The lowest BCUT2D eigenvalue weighted by Crippen LogP contribution is -2.23. The van der Waals surface area contributed by atoms with Crippen LogP contribution in [0.4, 0.5) is 5.82 Å². The van der Waals surface area contributed by atoms with Crippen LogP contribution in [-0.2, 0) is 5.41 Å². The minimum Gasteiger partial charge on any atom is -0.476 e. The SMILES string of the molecule is CC(C)(C)c1cn2nc(OCC3CCN(c4ncnc5cnccc45)C3)ccc2n1. The summed E-state index contributed by atoms with van der Waals surface area (Å²) in [6, 6.07) is 5.83. The summed E-state index contributed by atoms with van der Waals surface area (Å²) in [6.07, 6.45) is 8.21. The van der Waals surface area contributed by atoms with Gasteiger partial charge >= 0.3 is 0 Å². The van der Waals surface area contributed by atoms with E-state index in [1.54, 1.807) is 23.2 Å². The first kappa shape index (κ1) is 18.7. The molecule has 1 fully saturated rings. The van der Waals surface area contributed by atoms with Crippen molar-refractivity contribution in [2.45, 2.75) is 32.6 Å². The summed E-state index contributed by atoms with van der Waals surface area (Å²) in [5.41, 5.74) is 2.72. The lowest BCUT2D eigenvalue weighted by molar-refractivity contribution is 0.249. The summed E-state index contributed by atoms with van der Waals surface area (Å²) in [6.45, 7) is 8.92. The number of ether oxygens (including phenoxy) is 1. The molecular weight excluding hydrogens is 378 g/mol. The predicted molar refractivity (Wildman–Crippen MR) is 115 cm³/mol. The van der Waals surface area contributed by atoms with Gasteiger partial charge in [0, 0.05) is 42.1 Å². The zero-order chi connectivity index (χ0) is 20.7. The van der Waals surface area contributed by atoms with Crippen LogP contribution >= 0.6 is 0 Å². The number of hydrogen-bond acceptors (Lipinski definition) is 7. The number of aromatic nitrogens is 6. The molecule has 1 atom stereocenters. The number of pyridine rings is 1. The van der Waals surface area contributed by atoms with E-state index in [4.69, 9.17) is 4.74 Å². The van der Waals surface area contributed by atoms with Crippen molar-refractivity contribution in [2.75, 3.05) is 24.6 Å². The molecule has 0 amide bonds. The van der Waals surface area contributed by atoms with Crippen LogP contribution in [0.5, 0.6) is 5.88 Å². The first-order valence-electron chi connectivity index (χ1n) is 10.3. The molecule has 8 heteroatoms. The van der Waals surface area contributed by atoms with E-state index in [2.05, 4.69) is 50.7 Å². The maximum Gasteiger partial charge on any atom is 0.231 e. The van der Waals surface area contributed by atoms with Crippen LogP contribution in [0.15, 0.2) is 43.1 Å². The third-order valence-electron chi connectivity index (χ3n) is 5.53. The van der Waals surface area contributed by atoms with E-state index in [0.717, 1.165) is 47.6 Å². The number of nitrogens with zero attached hydrogens (tertiary/aromatic N) is 7. The maximum atomic E-state index is 6.04. The Bertz CT molecular complexity index is 1190. The number of rotatable bonds is 4. The van der Waals surface area contributed by atoms with Gasteiger partial charge in [-0.3, -0.25) is 4.98 Å². The Morgan fingerprint density at radius 2 is 2.07 bits per heavy atom. The molecule has 1 aliphatic heterocycles. The van der Waals surface area contributed by atoms with E-state index >= 15 is 0 Å².